The number of hydrogen-bond donors (Lipinski definition) is 1. The van der Waals surface area contributed by atoms with Crippen molar-refractivity contribution in [2.24, 2.45) is 0 Å². The Balaban J connectivity index is 2.26. The molecule has 2 aliphatic rings. The third kappa shape index (κ3) is 1.78. The Hall–Kier alpha value is -2.22. The fourth-order valence-electron chi connectivity index (χ4n) is 1.80. The summed E-state index contributed by atoms with van der Waals surface area (Å²) in [5, 5.41) is 23.1. The molecule has 0 spiro atoms. The monoisotopic (exact) mass is 238 g/mol. The fraction of sp³-hybridized carbons (Fsp3) is 0.333. The van der Waals surface area contributed by atoms with E-state index >= 15 is 0 Å². The average molecular weight is 238 g/mol. The zero-order valence-electron chi connectivity index (χ0n) is 8.78. The van der Waals surface area contributed by atoms with E-state index in [1.54, 1.807) is 12.3 Å². The second kappa shape index (κ2) is 3.98. The second-order valence-corrected chi connectivity index (χ2v) is 3.70. The summed E-state index contributed by atoms with van der Waals surface area (Å²) in [7, 11) is 0. The molecule has 1 aliphatic carbocycles. The van der Waals surface area contributed by atoms with E-state index in [9.17, 15) is 20.2 Å². The Kier molecular flexibility index (Phi) is 2.64. The van der Waals surface area contributed by atoms with Crippen LogP contribution in [0.15, 0.2) is 36.2 Å². The third-order valence-corrected chi connectivity index (χ3v) is 2.76. The van der Waals surface area contributed by atoms with Crippen LogP contribution >= 0.6 is 0 Å². The van der Waals surface area contributed by atoms with Crippen LogP contribution in [0.25, 0.3) is 0 Å². The Morgan fingerprint density at radius 1 is 1.41 bits per heavy atom. The molecule has 0 fully saturated rings. The van der Waals surface area contributed by atoms with Gasteiger partial charge in [0.05, 0.1) is 11.3 Å². The van der Waals surface area contributed by atoms with Gasteiger partial charge in [0.2, 0.25) is 0 Å². The minimum Gasteiger partial charge on any atom is -0.320 e. The SMILES string of the molecule is O=[N+]([O-])C1=CCC(N2CC=CN2)([N+](=O)[O-])C=C1. The summed E-state index contributed by atoms with van der Waals surface area (Å²) in [5.74, 6) is 0. The molecular weight excluding hydrogens is 228 g/mol. The van der Waals surface area contributed by atoms with Crippen molar-refractivity contribution in [1.82, 2.24) is 10.4 Å². The molecule has 1 N–H and O–H groups in total. The molecule has 17 heavy (non-hydrogen) atoms. The van der Waals surface area contributed by atoms with Gasteiger partial charge in [0.25, 0.3) is 5.70 Å². The van der Waals surface area contributed by atoms with Crippen molar-refractivity contribution in [2.45, 2.75) is 12.1 Å². The van der Waals surface area contributed by atoms with Crippen LogP contribution in [0.3, 0.4) is 0 Å². The summed E-state index contributed by atoms with van der Waals surface area (Å²) in [4.78, 5) is 20.7. The number of hydrazine groups is 1. The molecule has 1 atom stereocenters. The van der Waals surface area contributed by atoms with Gasteiger partial charge >= 0.3 is 5.66 Å². The molecule has 8 nitrogen and oxygen atoms in total. The van der Waals surface area contributed by atoms with Gasteiger partial charge < -0.3 is 5.43 Å². The minimum absolute atomic E-state index is 0.0402. The summed E-state index contributed by atoms with van der Waals surface area (Å²) in [6, 6.07) is 0. The van der Waals surface area contributed by atoms with Crippen molar-refractivity contribution in [3.8, 4) is 0 Å². The van der Waals surface area contributed by atoms with Crippen LogP contribution in [-0.2, 0) is 0 Å². The summed E-state index contributed by atoms with van der Waals surface area (Å²) in [6.45, 7) is 0.382. The topological polar surface area (TPSA) is 102 Å². The van der Waals surface area contributed by atoms with Gasteiger partial charge in [0.15, 0.2) is 0 Å². The lowest BCUT2D eigenvalue weighted by Crippen LogP contribution is -2.56. The molecule has 90 valence electrons. The highest BCUT2D eigenvalue weighted by molar-refractivity contribution is 5.23. The number of nitrogens with zero attached hydrogens (tertiary/aromatic N) is 3. The lowest BCUT2D eigenvalue weighted by atomic mass is 9.99. The van der Waals surface area contributed by atoms with E-state index in [1.807, 2.05) is 0 Å². The molecule has 0 aromatic carbocycles. The van der Waals surface area contributed by atoms with Crippen molar-refractivity contribution in [2.75, 3.05) is 6.54 Å². The van der Waals surface area contributed by atoms with Crippen LogP contribution < -0.4 is 5.43 Å². The highest BCUT2D eigenvalue weighted by Crippen LogP contribution is 2.28. The third-order valence-electron chi connectivity index (χ3n) is 2.76. The average Bonchev–Trinajstić information content (AvgIpc) is 2.82. The predicted molar refractivity (Wildman–Crippen MR) is 57.5 cm³/mol. The summed E-state index contributed by atoms with van der Waals surface area (Å²) >= 11 is 0. The predicted octanol–water partition coefficient (Wildman–Crippen LogP) is 0.414. The van der Waals surface area contributed by atoms with E-state index in [-0.39, 0.29) is 12.1 Å². The van der Waals surface area contributed by atoms with Crippen LogP contribution in [0.2, 0.25) is 0 Å². The Morgan fingerprint density at radius 2 is 2.18 bits per heavy atom. The summed E-state index contributed by atoms with van der Waals surface area (Å²) < 4.78 is 0. The van der Waals surface area contributed by atoms with Crippen molar-refractivity contribution in [1.29, 1.82) is 0 Å². The first-order chi connectivity index (χ1) is 8.06. The second-order valence-electron chi connectivity index (χ2n) is 3.70. The standard InChI is InChI=1S/C9H10N4O4/c14-12(15)8-2-4-9(5-3-8,13(16)17)11-7-1-6-10-11/h1-4,6,10H,5,7H2. The molecule has 0 amide bonds. The molecule has 0 saturated heterocycles. The maximum absolute atomic E-state index is 11.2. The zero-order valence-corrected chi connectivity index (χ0v) is 8.78. The summed E-state index contributed by atoms with van der Waals surface area (Å²) in [5.41, 5.74) is 1.18. The van der Waals surface area contributed by atoms with Crippen LogP contribution in [0.1, 0.15) is 6.42 Å². The maximum atomic E-state index is 11.2. The van der Waals surface area contributed by atoms with E-state index in [0.717, 1.165) is 0 Å². The number of hydrogen-bond acceptors (Lipinski definition) is 6. The van der Waals surface area contributed by atoms with Gasteiger partial charge in [-0.05, 0) is 0 Å². The van der Waals surface area contributed by atoms with E-state index in [4.69, 9.17) is 0 Å². The Bertz CT molecular complexity index is 448. The first-order valence-electron chi connectivity index (χ1n) is 4.93. The van der Waals surface area contributed by atoms with Crippen LogP contribution in [0, 0.1) is 20.2 Å². The zero-order chi connectivity index (χ0) is 12.5. The van der Waals surface area contributed by atoms with E-state index < -0.39 is 15.5 Å². The highest BCUT2D eigenvalue weighted by Gasteiger charge is 2.48. The quantitative estimate of drug-likeness (QED) is 0.564. The fourth-order valence-corrected chi connectivity index (χ4v) is 1.80. The first kappa shape index (κ1) is 11.3. The van der Waals surface area contributed by atoms with Gasteiger partial charge in [-0.3, -0.25) is 20.2 Å². The smallest absolute Gasteiger partial charge is 0.316 e. The molecule has 0 aromatic heterocycles. The Morgan fingerprint density at radius 3 is 2.59 bits per heavy atom. The van der Waals surface area contributed by atoms with Crippen LogP contribution in [0.4, 0.5) is 0 Å². The molecule has 0 radical (unpaired) electrons. The number of nitrogens with one attached hydrogen (secondary N) is 1. The molecule has 0 bridgehead atoms. The summed E-state index contributed by atoms with van der Waals surface area (Å²) in [6.07, 6.45) is 7.00. The number of allylic oxidation sites excluding steroid dienone is 1. The van der Waals surface area contributed by atoms with Gasteiger partial charge in [-0.25, -0.2) is 0 Å². The van der Waals surface area contributed by atoms with Crippen molar-refractivity contribution >= 4 is 0 Å². The lowest BCUT2D eigenvalue weighted by Gasteiger charge is -2.31. The van der Waals surface area contributed by atoms with Crippen molar-refractivity contribution < 1.29 is 9.85 Å². The number of rotatable bonds is 3. The first-order valence-corrected chi connectivity index (χ1v) is 4.93. The molecule has 0 saturated carbocycles. The minimum atomic E-state index is -1.46. The molecule has 1 heterocycles. The maximum Gasteiger partial charge on any atom is 0.316 e. The molecular formula is C9H10N4O4. The van der Waals surface area contributed by atoms with Crippen LogP contribution in [-0.4, -0.2) is 27.1 Å². The van der Waals surface area contributed by atoms with Gasteiger partial charge in [-0.1, -0.05) is 6.08 Å². The Labute approximate surface area is 96.2 Å². The van der Waals surface area contributed by atoms with Gasteiger partial charge in [-0.2, -0.15) is 0 Å². The highest BCUT2D eigenvalue weighted by atomic mass is 16.6. The van der Waals surface area contributed by atoms with E-state index in [0.29, 0.717) is 6.54 Å². The van der Waals surface area contributed by atoms with E-state index in [2.05, 4.69) is 5.43 Å². The lowest BCUT2D eigenvalue weighted by molar-refractivity contribution is -0.588. The van der Waals surface area contributed by atoms with Crippen molar-refractivity contribution in [3.05, 3.63) is 56.4 Å². The molecule has 0 aromatic rings. The molecule has 2 rings (SSSR count). The van der Waals surface area contributed by atoms with Crippen molar-refractivity contribution in [3.63, 3.8) is 0 Å². The number of nitro groups is 2. The largest absolute Gasteiger partial charge is 0.320 e. The van der Waals surface area contributed by atoms with Gasteiger partial charge in [0, 0.05) is 35.9 Å². The van der Waals surface area contributed by atoms with Crippen LogP contribution in [0.5, 0.6) is 0 Å². The molecule has 1 aliphatic heterocycles. The van der Waals surface area contributed by atoms with Gasteiger partial charge in [0.1, 0.15) is 0 Å². The molecule has 1 unspecified atom stereocenters. The van der Waals surface area contributed by atoms with Gasteiger partial charge in [-0.15, -0.1) is 5.01 Å². The normalized spacial score (nSPS) is 27.6. The van der Waals surface area contributed by atoms with E-state index in [1.165, 1.54) is 23.2 Å². The molecule has 8 heteroatoms.